The van der Waals surface area contributed by atoms with Crippen LogP contribution in [0.1, 0.15) is 44.1 Å². The summed E-state index contributed by atoms with van der Waals surface area (Å²) in [6, 6.07) is 8.07. The van der Waals surface area contributed by atoms with Crippen molar-refractivity contribution in [2.24, 2.45) is 0 Å². The van der Waals surface area contributed by atoms with Gasteiger partial charge in [0.25, 0.3) is 0 Å². The Bertz CT molecular complexity index is 614. The summed E-state index contributed by atoms with van der Waals surface area (Å²) in [5.41, 5.74) is 1.12. The van der Waals surface area contributed by atoms with Gasteiger partial charge in [0.1, 0.15) is 12.4 Å². The largest absolute Gasteiger partial charge is 0.490 e. The van der Waals surface area contributed by atoms with Crippen LogP contribution in [-0.4, -0.2) is 49.2 Å². The molecule has 1 aromatic carbocycles. The lowest BCUT2D eigenvalue weighted by atomic mass is 10.1. The van der Waals surface area contributed by atoms with Gasteiger partial charge in [0.15, 0.2) is 0 Å². The summed E-state index contributed by atoms with van der Waals surface area (Å²) < 4.78 is 10.9. The van der Waals surface area contributed by atoms with Gasteiger partial charge >= 0.3 is 6.09 Å². The number of benzene rings is 1. The van der Waals surface area contributed by atoms with Crippen LogP contribution in [0.25, 0.3) is 0 Å². The fourth-order valence-electron chi connectivity index (χ4n) is 3.45. The number of nitrogens with one attached hydrogen (secondary N) is 1. The van der Waals surface area contributed by atoms with Gasteiger partial charge in [-0.2, -0.15) is 0 Å². The second-order valence-corrected chi connectivity index (χ2v) is 6.98. The summed E-state index contributed by atoms with van der Waals surface area (Å²) in [5.74, 6) is 0.948. The Morgan fingerprint density at radius 2 is 2.15 bits per heavy atom. The van der Waals surface area contributed by atoms with E-state index < -0.39 is 0 Å². The molecule has 0 aromatic heterocycles. The Labute approximate surface area is 154 Å². The standard InChI is InChI=1S/C20H28N2O4/c23-19(21-11-4-12-22-13-14-25-20(22)24)10-9-16-5-3-8-18(15-16)26-17-6-1-2-7-17/h3,5,8,15,17H,1-2,4,6-7,9-14H2,(H,21,23). The fraction of sp³-hybridized carbons (Fsp3) is 0.600. The van der Waals surface area contributed by atoms with Crippen molar-refractivity contribution in [3.05, 3.63) is 29.8 Å². The van der Waals surface area contributed by atoms with Crippen LogP contribution in [0.3, 0.4) is 0 Å². The lowest BCUT2D eigenvalue weighted by molar-refractivity contribution is -0.121. The van der Waals surface area contributed by atoms with Crippen LogP contribution < -0.4 is 10.1 Å². The third kappa shape index (κ3) is 5.64. The molecule has 3 rings (SSSR count). The molecule has 142 valence electrons. The van der Waals surface area contributed by atoms with Crippen LogP contribution in [-0.2, 0) is 16.0 Å². The van der Waals surface area contributed by atoms with Gasteiger partial charge in [-0.25, -0.2) is 4.79 Å². The van der Waals surface area contributed by atoms with Gasteiger partial charge in [-0.1, -0.05) is 12.1 Å². The highest BCUT2D eigenvalue weighted by Gasteiger charge is 2.20. The van der Waals surface area contributed by atoms with E-state index in [4.69, 9.17) is 9.47 Å². The highest BCUT2D eigenvalue weighted by molar-refractivity contribution is 5.76. The first-order chi connectivity index (χ1) is 12.7. The molecule has 0 unspecified atom stereocenters. The average molecular weight is 360 g/mol. The van der Waals surface area contributed by atoms with Crippen molar-refractivity contribution in [3.63, 3.8) is 0 Å². The predicted molar refractivity (Wildman–Crippen MR) is 98.2 cm³/mol. The van der Waals surface area contributed by atoms with E-state index in [-0.39, 0.29) is 12.0 Å². The van der Waals surface area contributed by atoms with E-state index >= 15 is 0 Å². The summed E-state index contributed by atoms with van der Waals surface area (Å²) in [5, 5.41) is 2.92. The molecule has 26 heavy (non-hydrogen) atoms. The van der Waals surface area contributed by atoms with Crippen molar-refractivity contribution in [1.82, 2.24) is 10.2 Å². The van der Waals surface area contributed by atoms with Crippen molar-refractivity contribution in [2.75, 3.05) is 26.2 Å². The normalized spacial score (nSPS) is 17.4. The smallest absolute Gasteiger partial charge is 0.409 e. The van der Waals surface area contributed by atoms with Crippen molar-refractivity contribution < 1.29 is 19.1 Å². The molecule has 1 N–H and O–H groups in total. The number of ether oxygens (including phenoxy) is 2. The van der Waals surface area contributed by atoms with Gasteiger partial charge in [0.2, 0.25) is 5.91 Å². The molecule has 6 heteroatoms. The quantitative estimate of drug-likeness (QED) is 0.688. The van der Waals surface area contributed by atoms with E-state index in [9.17, 15) is 9.59 Å². The van der Waals surface area contributed by atoms with Crippen LogP contribution in [0.5, 0.6) is 5.75 Å². The minimum Gasteiger partial charge on any atom is -0.490 e. The van der Waals surface area contributed by atoms with Gasteiger partial charge in [-0.3, -0.25) is 4.79 Å². The Balaban J connectivity index is 1.32. The number of hydrogen-bond donors (Lipinski definition) is 1. The van der Waals surface area contributed by atoms with E-state index in [2.05, 4.69) is 5.32 Å². The van der Waals surface area contributed by atoms with E-state index in [0.717, 1.165) is 30.6 Å². The second-order valence-electron chi connectivity index (χ2n) is 6.98. The molecule has 1 heterocycles. The van der Waals surface area contributed by atoms with Gasteiger partial charge in [-0.05, 0) is 56.2 Å². The van der Waals surface area contributed by atoms with Gasteiger partial charge < -0.3 is 19.7 Å². The molecule has 2 fully saturated rings. The minimum atomic E-state index is -0.254. The Morgan fingerprint density at radius 1 is 1.31 bits per heavy atom. The summed E-state index contributed by atoms with van der Waals surface area (Å²) in [7, 11) is 0. The fourth-order valence-corrected chi connectivity index (χ4v) is 3.45. The van der Waals surface area contributed by atoms with Crippen molar-refractivity contribution >= 4 is 12.0 Å². The molecular formula is C20H28N2O4. The Kier molecular flexibility index (Phi) is 6.75. The highest BCUT2D eigenvalue weighted by Crippen LogP contribution is 2.24. The molecule has 0 radical (unpaired) electrons. The first-order valence-electron chi connectivity index (χ1n) is 9.65. The van der Waals surface area contributed by atoms with E-state index in [1.165, 1.54) is 12.8 Å². The Hall–Kier alpha value is -2.24. The summed E-state index contributed by atoms with van der Waals surface area (Å²) in [4.78, 5) is 25.0. The maximum absolute atomic E-state index is 12.0. The average Bonchev–Trinajstić information content (AvgIpc) is 3.29. The second kappa shape index (κ2) is 9.46. The van der Waals surface area contributed by atoms with Crippen LogP contribution in [0.15, 0.2) is 24.3 Å². The molecule has 1 aromatic rings. The van der Waals surface area contributed by atoms with E-state index in [0.29, 0.717) is 45.2 Å². The van der Waals surface area contributed by atoms with Crippen LogP contribution >= 0.6 is 0 Å². The molecule has 0 bridgehead atoms. The van der Waals surface area contributed by atoms with Crippen LogP contribution in [0.4, 0.5) is 4.79 Å². The van der Waals surface area contributed by atoms with Crippen molar-refractivity contribution in [2.45, 2.75) is 51.0 Å². The number of amides is 2. The maximum atomic E-state index is 12.0. The summed E-state index contributed by atoms with van der Waals surface area (Å²) >= 11 is 0. The molecule has 1 aliphatic carbocycles. The lowest BCUT2D eigenvalue weighted by Crippen LogP contribution is -2.30. The van der Waals surface area contributed by atoms with Gasteiger partial charge in [-0.15, -0.1) is 0 Å². The molecule has 6 nitrogen and oxygen atoms in total. The SMILES string of the molecule is O=C(CCc1cccc(OC2CCCC2)c1)NCCCN1CCOC1=O. The van der Waals surface area contributed by atoms with Crippen LogP contribution in [0.2, 0.25) is 0 Å². The number of cyclic esters (lactones) is 1. The first kappa shape index (κ1) is 18.5. The molecule has 1 saturated carbocycles. The van der Waals surface area contributed by atoms with E-state index in [1.807, 2.05) is 24.3 Å². The zero-order valence-corrected chi connectivity index (χ0v) is 15.2. The number of carbonyl (C=O) groups is 2. The lowest BCUT2D eigenvalue weighted by Gasteiger charge is -2.14. The topological polar surface area (TPSA) is 67.9 Å². The maximum Gasteiger partial charge on any atom is 0.409 e. The number of aryl methyl sites for hydroxylation is 1. The minimum absolute atomic E-state index is 0.0381. The summed E-state index contributed by atoms with van der Waals surface area (Å²) in [6.45, 7) is 2.31. The zero-order chi connectivity index (χ0) is 18.2. The Morgan fingerprint density at radius 3 is 2.92 bits per heavy atom. The predicted octanol–water partition coefficient (Wildman–Crippen LogP) is 2.90. The molecule has 0 spiro atoms. The van der Waals surface area contributed by atoms with Crippen LogP contribution in [0, 0.1) is 0 Å². The first-order valence-corrected chi connectivity index (χ1v) is 9.65. The number of carbonyl (C=O) groups excluding carboxylic acids is 2. The zero-order valence-electron chi connectivity index (χ0n) is 15.2. The number of nitrogens with zero attached hydrogens (tertiary/aromatic N) is 1. The molecular weight excluding hydrogens is 332 g/mol. The molecule has 1 saturated heterocycles. The molecule has 2 amide bonds. The number of rotatable bonds is 9. The van der Waals surface area contributed by atoms with Crippen molar-refractivity contribution in [3.8, 4) is 5.75 Å². The van der Waals surface area contributed by atoms with Gasteiger partial charge in [0.05, 0.1) is 12.6 Å². The monoisotopic (exact) mass is 360 g/mol. The summed E-state index contributed by atoms with van der Waals surface area (Å²) in [6.07, 6.45) is 6.78. The number of hydrogen-bond acceptors (Lipinski definition) is 4. The van der Waals surface area contributed by atoms with Crippen molar-refractivity contribution in [1.29, 1.82) is 0 Å². The molecule has 2 aliphatic rings. The molecule has 1 aliphatic heterocycles. The third-order valence-corrected chi connectivity index (χ3v) is 4.92. The highest BCUT2D eigenvalue weighted by atomic mass is 16.6. The third-order valence-electron chi connectivity index (χ3n) is 4.92. The van der Waals surface area contributed by atoms with E-state index in [1.54, 1.807) is 4.90 Å². The molecule has 0 atom stereocenters. The van der Waals surface area contributed by atoms with Gasteiger partial charge in [0, 0.05) is 19.5 Å².